The van der Waals surface area contributed by atoms with Crippen molar-refractivity contribution in [3.63, 3.8) is 0 Å². The Kier molecular flexibility index (Phi) is 4.35. The van der Waals surface area contributed by atoms with Crippen molar-refractivity contribution in [2.45, 2.75) is 32.8 Å². The zero-order valence-corrected chi connectivity index (χ0v) is 11.1. The molecule has 0 aliphatic heterocycles. The van der Waals surface area contributed by atoms with Crippen LogP contribution in [0.1, 0.15) is 25.2 Å². The van der Waals surface area contributed by atoms with Crippen molar-refractivity contribution in [3.05, 3.63) is 16.4 Å². The first-order valence-electron chi connectivity index (χ1n) is 5.48. The fourth-order valence-corrected chi connectivity index (χ4v) is 1.92. The highest BCUT2D eigenvalue weighted by atomic mass is 35.5. The van der Waals surface area contributed by atoms with Crippen LogP contribution in [0.4, 0.5) is 0 Å². The van der Waals surface area contributed by atoms with Crippen LogP contribution in [0.2, 0.25) is 5.02 Å². The molecule has 5 heteroatoms. The summed E-state index contributed by atoms with van der Waals surface area (Å²) in [5, 5.41) is 18.2. The molecule has 0 fully saturated rings. The summed E-state index contributed by atoms with van der Waals surface area (Å²) in [7, 11) is 1.84. The molecule has 0 saturated heterocycles. The van der Waals surface area contributed by atoms with E-state index in [0.29, 0.717) is 18.0 Å². The number of rotatable bonds is 5. The molecule has 0 aromatic carbocycles. The van der Waals surface area contributed by atoms with Crippen LogP contribution >= 0.6 is 11.6 Å². The summed E-state index contributed by atoms with van der Waals surface area (Å²) in [6.07, 6.45) is 0.496. The van der Waals surface area contributed by atoms with Gasteiger partial charge < -0.3 is 10.4 Å². The summed E-state index contributed by atoms with van der Waals surface area (Å²) in [6.45, 7) is 7.06. The average molecular weight is 246 g/mol. The van der Waals surface area contributed by atoms with Gasteiger partial charge in [0.15, 0.2) is 0 Å². The summed E-state index contributed by atoms with van der Waals surface area (Å²) in [4.78, 5) is 0. The van der Waals surface area contributed by atoms with Gasteiger partial charge in [0, 0.05) is 20.0 Å². The van der Waals surface area contributed by atoms with Gasteiger partial charge in [-0.2, -0.15) is 5.10 Å². The lowest BCUT2D eigenvalue weighted by molar-refractivity contribution is 0.0588. The highest BCUT2D eigenvalue weighted by Gasteiger charge is 2.24. The van der Waals surface area contributed by atoms with Gasteiger partial charge in [-0.15, -0.1) is 0 Å². The van der Waals surface area contributed by atoms with Crippen molar-refractivity contribution in [2.24, 2.45) is 7.05 Å². The highest BCUT2D eigenvalue weighted by molar-refractivity contribution is 6.31. The maximum atomic E-state index is 10.2. The fraction of sp³-hybridized carbons (Fsp3) is 0.727. The van der Waals surface area contributed by atoms with Gasteiger partial charge >= 0.3 is 0 Å². The average Bonchev–Trinajstić information content (AvgIpc) is 2.42. The van der Waals surface area contributed by atoms with E-state index >= 15 is 0 Å². The van der Waals surface area contributed by atoms with Crippen LogP contribution in [0.15, 0.2) is 0 Å². The lowest BCUT2D eigenvalue weighted by Gasteiger charge is -2.23. The number of likely N-dealkylation sites (N-methyl/N-ethyl adjacent to an activating group) is 1. The minimum absolute atomic E-state index is 0.496. The first kappa shape index (κ1) is 13.5. The number of aromatic nitrogens is 2. The summed E-state index contributed by atoms with van der Waals surface area (Å²) in [5.74, 6) is 0. The first-order valence-corrected chi connectivity index (χ1v) is 5.86. The molecule has 0 bridgehead atoms. The number of nitrogens with zero attached hydrogens (tertiary/aromatic N) is 2. The predicted molar refractivity (Wildman–Crippen MR) is 65.8 cm³/mol. The quantitative estimate of drug-likeness (QED) is 0.822. The van der Waals surface area contributed by atoms with E-state index in [9.17, 15) is 5.11 Å². The van der Waals surface area contributed by atoms with E-state index in [1.807, 2.05) is 20.9 Å². The van der Waals surface area contributed by atoms with Gasteiger partial charge in [0.1, 0.15) is 0 Å². The number of hydrogen-bond acceptors (Lipinski definition) is 3. The third kappa shape index (κ3) is 3.20. The number of halogens is 1. The molecule has 0 aliphatic rings. The molecule has 2 N–H and O–H groups in total. The number of hydrogen-bond donors (Lipinski definition) is 2. The third-order valence-corrected chi connectivity index (χ3v) is 3.06. The van der Waals surface area contributed by atoms with Crippen LogP contribution in [0.5, 0.6) is 0 Å². The SMILES string of the molecule is CCNCC(C)(O)Cc1c(Cl)c(C)nn1C. The lowest BCUT2D eigenvalue weighted by Crippen LogP contribution is -2.40. The Morgan fingerprint density at radius 3 is 2.62 bits per heavy atom. The van der Waals surface area contributed by atoms with Crippen LogP contribution in [0, 0.1) is 6.92 Å². The molecule has 1 atom stereocenters. The second kappa shape index (κ2) is 5.17. The zero-order chi connectivity index (χ0) is 12.3. The second-order valence-electron chi connectivity index (χ2n) is 4.42. The monoisotopic (exact) mass is 245 g/mol. The van der Waals surface area contributed by atoms with Crippen LogP contribution in [-0.2, 0) is 13.5 Å². The summed E-state index contributed by atoms with van der Waals surface area (Å²) in [6, 6.07) is 0. The van der Waals surface area contributed by atoms with Gasteiger partial charge in [-0.25, -0.2) is 0 Å². The molecule has 1 aromatic rings. The molecule has 1 aromatic heterocycles. The highest BCUT2D eigenvalue weighted by Crippen LogP contribution is 2.23. The van der Waals surface area contributed by atoms with Gasteiger partial charge in [0.25, 0.3) is 0 Å². The molecule has 0 saturated carbocycles. The third-order valence-electron chi connectivity index (χ3n) is 2.57. The van der Waals surface area contributed by atoms with Gasteiger partial charge in [0.2, 0.25) is 0 Å². The van der Waals surface area contributed by atoms with Crippen molar-refractivity contribution in [1.29, 1.82) is 0 Å². The van der Waals surface area contributed by atoms with Crippen molar-refractivity contribution >= 4 is 11.6 Å². The Bertz CT molecular complexity index is 360. The molecule has 0 aliphatic carbocycles. The molecule has 0 spiro atoms. The van der Waals surface area contributed by atoms with Gasteiger partial charge in [-0.1, -0.05) is 18.5 Å². The van der Waals surface area contributed by atoms with Gasteiger partial charge in [-0.3, -0.25) is 4.68 Å². The molecule has 0 radical (unpaired) electrons. The molecule has 1 unspecified atom stereocenters. The van der Waals surface area contributed by atoms with Crippen molar-refractivity contribution in [2.75, 3.05) is 13.1 Å². The number of aryl methyl sites for hydroxylation is 2. The Hall–Kier alpha value is -0.580. The Morgan fingerprint density at radius 2 is 2.19 bits per heavy atom. The molecule has 1 heterocycles. The summed E-state index contributed by atoms with van der Waals surface area (Å²) in [5.41, 5.74) is 0.875. The fourth-order valence-electron chi connectivity index (χ4n) is 1.69. The maximum absolute atomic E-state index is 10.2. The van der Waals surface area contributed by atoms with Crippen molar-refractivity contribution < 1.29 is 5.11 Å². The molecule has 92 valence electrons. The largest absolute Gasteiger partial charge is 0.388 e. The smallest absolute Gasteiger partial charge is 0.0848 e. The van der Waals surface area contributed by atoms with Crippen LogP contribution in [0.3, 0.4) is 0 Å². The number of nitrogens with one attached hydrogen (secondary N) is 1. The second-order valence-corrected chi connectivity index (χ2v) is 4.80. The predicted octanol–water partition coefficient (Wildman–Crippen LogP) is 1.28. The van der Waals surface area contributed by atoms with E-state index in [0.717, 1.165) is 17.9 Å². The van der Waals surface area contributed by atoms with E-state index < -0.39 is 5.60 Å². The van der Waals surface area contributed by atoms with E-state index in [-0.39, 0.29) is 0 Å². The Morgan fingerprint density at radius 1 is 1.56 bits per heavy atom. The molecular weight excluding hydrogens is 226 g/mol. The van der Waals surface area contributed by atoms with Crippen molar-refractivity contribution in [1.82, 2.24) is 15.1 Å². The standard InChI is InChI=1S/C11H20ClN3O/c1-5-13-7-11(3,16)6-9-10(12)8(2)14-15(9)4/h13,16H,5-7H2,1-4H3. The Balaban J connectivity index is 2.79. The molecule has 0 amide bonds. The molecular formula is C11H20ClN3O. The zero-order valence-electron chi connectivity index (χ0n) is 10.3. The van der Waals surface area contributed by atoms with E-state index in [2.05, 4.69) is 10.4 Å². The van der Waals surface area contributed by atoms with Crippen LogP contribution in [0.25, 0.3) is 0 Å². The van der Waals surface area contributed by atoms with E-state index in [4.69, 9.17) is 11.6 Å². The van der Waals surface area contributed by atoms with Gasteiger partial charge in [0.05, 0.1) is 22.0 Å². The van der Waals surface area contributed by atoms with Gasteiger partial charge in [-0.05, 0) is 20.4 Å². The van der Waals surface area contributed by atoms with Crippen molar-refractivity contribution in [3.8, 4) is 0 Å². The minimum Gasteiger partial charge on any atom is -0.388 e. The topological polar surface area (TPSA) is 50.1 Å². The minimum atomic E-state index is -0.806. The Labute approximate surface area is 102 Å². The van der Waals surface area contributed by atoms with Crippen LogP contribution in [-0.4, -0.2) is 33.6 Å². The van der Waals surface area contributed by atoms with E-state index in [1.54, 1.807) is 11.6 Å². The molecule has 16 heavy (non-hydrogen) atoms. The molecule has 1 rings (SSSR count). The summed E-state index contributed by atoms with van der Waals surface area (Å²) >= 11 is 6.14. The first-order chi connectivity index (χ1) is 7.37. The maximum Gasteiger partial charge on any atom is 0.0848 e. The summed E-state index contributed by atoms with van der Waals surface area (Å²) < 4.78 is 1.73. The van der Waals surface area contributed by atoms with E-state index in [1.165, 1.54) is 0 Å². The normalized spacial score (nSPS) is 15.1. The van der Waals surface area contributed by atoms with Crippen LogP contribution < -0.4 is 5.32 Å². The number of aliphatic hydroxyl groups is 1. The molecule has 4 nitrogen and oxygen atoms in total. The lowest BCUT2D eigenvalue weighted by atomic mass is 10.00.